The Hall–Kier alpha value is 0.950. The third-order valence-corrected chi connectivity index (χ3v) is 3.73. The number of hydrogen-bond acceptors (Lipinski definition) is 0. The molecule has 42 valence electrons. The van der Waals surface area contributed by atoms with Crippen molar-refractivity contribution in [3.05, 3.63) is 9.15 Å². The van der Waals surface area contributed by atoms with Crippen LogP contribution in [0.15, 0.2) is 9.15 Å². The second kappa shape index (κ2) is 3.89. The molecule has 2 heteroatoms. The molecule has 0 unspecified atom stereocenters. The van der Waals surface area contributed by atoms with Crippen LogP contribution in [0.25, 0.3) is 0 Å². The van der Waals surface area contributed by atoms with Gasteiger partial charge in [-0.1, -0.05) is 21.5 Å². The predicted octanol–water partition coefficient (Wildman–Crippen LogP) is 3.11. The summed E-state index contributed by atoms with van der Waals surface area (Å²) in [6.45, 7) is 4.23. The van der Waals surface area contributed by atoms with Gasteiger partial charge in [-0.05, 0) is 40.0 Å². The molecule has 0 saturated carbocycles. The molecule has 0 aliphatic rings. The van der Waals surface area contributed by atoms with Crippen LogP contribution in [0.2, 0.25) is 0 Å². The van der Waals surface area contributed by atoms with E-state index in [0.29, 0.717) is 0 Å². The van der Waals surface area contributed by atoms with E-state index in [1.165, 1.54) is 9.15 Å². The SMILES string of the molecule is CC(C)=C(I)CBr. The second-order valence-corrected chi connectivity index (χ2v) is 3.40. The Morgan fingerprint density at radius 2 is 2.00 bits per heavy atom. The average molecular weight is 275 g/mol. The summed E-state index contributed by atoms with van der Waals surface area (Å²) in [5.41, 5.74) is 1.40. The standard InChI is InChI=1S/C5H8BrI/c1-4(2)5(7)3-6/h3H2,1-2H3. The fourth-order valence-corrected chi connectivity index (χ4v) is 0.694. The van der Waals surface area contributed by atoms with Crippen molar-refractivity contribution in [2.45, 2.75) is 13.8 Å². The van der Waals surface area contributed by atoms with E-state index in [4.69, 9.17) is 0 Å². The molecule has 0 radical (unpaired) electrons. The van der Waals surface area contributed by atoms with Gasteiger partial charge in [-0.3, -0.25) is 0 Å². The Kier molecular flexibility index (Phi) is 4.42. The van der Waals surface area contributed by atoms with Crippen LogP contribution in [0.3, 0.4) is 0 Å². The van der Waals surface area contributed by atoms with Crippen molar-refractivity contribution in [1.29, 1.82) is 0 Å². The van der Waals surface area contributed by atoms with E-state index in [0.717, 1.165) is 5.33 Å². The highest BCUT2D eigenvalue weighted by atomic mass is 127. The van der Waals surface area contributed by atoms with Crippen molar-refractivity contribution in [2.75, 3.05) is 5.33 Å². The first kappa shape index (κ1) is 7.95. The van der Waals surface area contributed by atoms with Gasteiger partial charge in [-0.25, -0.2) is 0 Å². The molecular formula is C5H8BrI. The fraction of sp³-hybridized carbons (Fsp3) is 0.600. The smallest absolute Gasteiger partial charge is 0.0340 e. The first-order valence-corrected chi connectivity index (χ1v) is 4.26. The minimum atomic E-state index is 0.996. The molecule has 0 aliphatic heterocycles. The molecule has 7 heavy (non-hydrogen) atoms. The van der Waals surface area contributed by atoms with Gasteiger partial charge in [0.1, 0.15) is 0 Å². The molecule has 0 aromatic heterocycles. The van der Waals surface area contributed by atoms with Gasteiger partial charge in [0, 0.05) is 5.33 Å². The largest absolute Gasteiger partial charge is 0.0871 e. The molecule has 0 aromatic carbocycles. The first-order valence-electron chi connectivity index (χ1n) is 2.06. The van der Waals surface area contributed by atoms with E-state index in [2.05, 4.69) is 52.4 Å². The van der Waals surface area contributed by atoms with Gasteiger partial charge in [0.25, 0.3) is 0 Å². The lowest BCUT2D eigenvalue weighted by Gasteiger charge is -1.91. The Morgan fingerprint density at radius 1 is 1.57 bits per heavy atom. The van der Waals surface area contributed by atoms with Crippen LogP contribution in [0, 0.1) is 0 Å². The molecule has 0 aromatic rings. The highest BCUT2D eigenvalue weighted by Gasteiger charge is 1.86. The molecule has 0 N–H and O–H groups in total. The summed E-state index contributed by atoms with van der Waals surface area (Å²) in [7, 11) is 0. The normalized spacial score (nSPS) is 8.57. The molecule has 0 rings (SSSR count). The second-order valence-electron chi connectivity index (χ2n) is 1.54. The maximum Gasteiger partial charge on any atom is 0.0340 e. The van der Waals surface area contributed by atoms with E-state index < -0.39 is 0 Å². The van der Waals surface area contributed by atoms with Crippen molar-refractivity contribution in [2.24, 2.45) is 0 Å². The summed E-state index contributed by atoms with van der Waals surface area (Å²) in [5, 5.41) is 0.996. The van der Waals surface area contributed by atoms with Gasteiger partial charge in [-0.2, -0.15) is 0 Å². The number of allylic oxidation sites excluding steroid dienone is 2. The van der Waals surface area contributed by atoms with Crippen LogP contribution in [-0.4, -0.2) is 5.33 Å². The molecule has 0 atom stereocenters. The Labute approximate surface area is 66.6 Å². The number of alkyl halides is 1. The third kappa shape index (κ3) is 3.53. The monoisotopic (exact) mass is 274 g/mol. The lowest BCUT2D eigenvalue weighted by molar-refractivity contribution is 1.37. The van der Waals surface area contributed by atoms with E-state index >= 15 is 0 Å². The van der Waals surface area contributed by atoms with Crippen molar-refractivity contribution < 1.29 is 0 Å². The molecule has 0 saturated heterocycles. The van der Waals surface area contributed by atoms with E-state index in [1.54, 1.807) is 0 Å². The summed E-state index contributed by atoms with van der Waals surface area (Å²) in [6, 6.07) is 0. The maximum atomic E-state index is 3.35. The highest BCUT2D eigenvalue weighted by molar-refractivity contribution is 14.1. The molecule has 0 fully saturated rings. The number of halogens is 2. The molecule has 0 spiro atoms. The molecular weight excluding hydrogens is 267 g/mol. The number of rotatable bonds is 1. The third-order valence-electron chi connectivity index (χ3n) is 0.660. The maximum absolute atomic E-state index is 3.35. The van der Waals surface area contributed by atoms with Gasteiger partial charge in [0.05, 0.1) is 0 Å². The lowest BCUT2D eigenvalue weighted by Crippen LogP contribution is -1.72. The summed E-state index contributed by atoms with van der Waals surface area (Å²) >= 11 is 5.68. The van der Waals surface area contributed by atoms with E-state index in [-0.39, 0.29) is 0 Å². The van der Waals surface area contributed by atoms with Crippen molar-refractivity contribution in [1.82, 2.24) is 0 Å². The summed E-state index contributed by atoms with van der Waals surface area (Å²) in [6.07, 6.45) is 0. The zero-order valence-electron chi connectivity index (χ0n) is 4.46. The topological polar surface area (TPSA) is 0 Å². The summed E-state index contributed by atoms with van der Waals surface area (Å²) in [5.74, 6) is 0. The highest BCUT2D eigenvalue weighted by Crippen LogP contribution is 2.13. The summed E-state index contributed by atoms with van der Waals surface area (Å²) < 4.78 is 1.40. The van der Waals surface area contributed by atoms with Gasteiger partial charge < -0.3 is 0 Å². The van der Waals surface area contributed by atoms with Gasteiger partial charge in [0.2, 0.25) is 0 Å². The number of hydrogen-bond donors (Lipinski definition) is 0. The van der Waals surface area contributed by atoms with Crippen LogP contribution in [0.1, 0.15) is 13.8 Å². The molecule has 0 heterocycles. The van der Waals surface area contributed by atoms with Crippen molar-refractivity contribution in [3.63, 3.8) is 0 Å². The van der Waals surface area contributed by atoms with Crippen LogP contribution in [0.4, 0.5) is 0 Å². The van der Waals surface area contributed by atoms with Gasteiger partial charge >= 0.3 is 0 Å². The van der Waals surface area contributed by atoms with Crippen LogP contribution in [0.5, 0.6) is 0 Å². The minimum Gasteiger partial charge on any atom is -0.0871 e. The zero-order chi connectivity index (χ0) is 5.86. The fourth-order valence-electron chi connectivity index (χ4n) is 0.134. The van der Waals surface area contributed by atoms with E-state index in [1.807, 2.05) is 0 Å². The predicted molar refractivity (Wildman–Crippen MR) is 46.2 cm³/mol. The molecule has 0 aliphatic carbocycles. The average Bonchev–Trinajstić information content (AvgIpc) is 1.65. The molecule has 0 nitrogen and oxygen atoms in total. The van der Waals surface area contributed by atoms with Gasteiger partial charge in [0.15, 0.2) is 0 Å². The molecule has 0 bridgehead atoms. The van der Waals surface area contributed by atoms with Crippen LogP contribution in [-0.2, 0) is 0 Å². The van der Waals surface area contributed by atoms with Crippen molar-refractivity contribution in [3.8, 4) is 0 Å². The van der Waals surface area contributed by atoms with Crippen LogP contribution < -0.4 is 0 Å². The van der Waals surface area contributed by atoms with Gasteiger partial charge in [-0.15, -0.1) is 0 Å². The van der Waals surface area contributed by atoms with Crippen molar-refractivity contribution >= 4 is 38.5 Å². The lowest BCUT2D eigenvalue weighted by atomic mass is 10.3. The Balaban J connectivity index is 3.72. The molecule has 0 amide bonds. The Bertz CT molecular complexity index is 82.1. The quantitative estimate of drug-likeness (QED) is 0.509. The van der Waals surface area contributed by atoms with Crippen LogP contribution >= 0.6 is 38.5 Å². The minimum absolute atomic E-state index is 0.996. The Morgan fingerprint density at radius 3 is 2.00 bits per heavy atom. The first-order chi connectivity index (χ1) is 3.18. The summed E-state index contributed by atoms with van der Waals surface area (Å²) in [4.78, 5) is 0. The van der Waals surface area contributed by atoms with E-state index in [9.17, 15) is 0 Å². The zero-order valence-corrected chi connectivity index (χ0v) is 8.21.